The predicted octanol–water partition coefficient (Wildman–Crippen LogP) is 2.85. The van der Waals surface area contributed by atoms with Gasteiger partial charge in [-0.2, -0.15) is 0 Å². The van der Waals surface area contributed by atoms with Gasteiger partial charge in [0, 0.05) is 38.1 Å². The lowest BCUT2D eigenvalue weighted by molar-refractivity contribution is 0.0748. The largest absolute Gasteiger partial charge is 0.447 e. The van der Waals surface area contributed by atoms with Crippen LogP contribution in [0.2, 0.25) is 0 Å². The van der Waals surface area contributed by atoms with Gasteiger partial charge in [0.1, 0.15) is 5.82 Å². The zero-order valence-corrected chi connectivity index (χ0v) is 16.3. The summed E-state index contributed by atoms with van der Waals surface area (Å²) in [6.45, 7) is 5.27. The molecule has 0 radical (unpaired) electrons. The molecule has 1 aliphatic rings. The van der Waals surface area contributed by atoms with Gasteiger partial charge in [-0.3, -0.25) is 4.98 Å². The zero-order valence-electron chi connectivity index (χ0n) is 16.3. The van der Waals surface area contributed by atoms with Crippen LogP contribution in [0.15, 0.2) is 42.9 Å². The van der Waals surface area contributed by atoms with Crippen molar-refractivity contribution in [2.75, 3.05) is 25.0 Å². The Morgan fingerprint density at radius 1 is 1.29 bits per heavy atom. The third-order valence-electron chi connectivity index (χ3n) is 4.97. The highest BCUT2D eigenvalue weighted by Gasteiger charge is 2.30. The summed E-state index contributed by atoms with van der Waals surface area (Å²) in [6.07, 6.45) is 5.84. The summed E-state index contributed by atoms with van der Waals surface area (Å²) in [7, 11) is 1.80. The fraction of sp³-hybridized carbons (Fsp3) is 0.400. The molecule has 1 amide bonds. The molecular formula is C20H24N6O2. The quantitative estimate of drug-likeness (QED) is 0.693. The number of pyridine rings is 1. The molecule has 0 aliphatic carbocycles. The SMILES string of the molecule is CC(C)OC(=O)N(C)C1CCN(c2ccc3ncc(-c4cccnc4)n3n2)C1. The first-order valence-corrected chi connectivity index (χ1v) is 9.46. The van der Waals surface area contributed by atoms with Gasteiger partial charge in [-0.1, -0.05) is 0 Å². The Kier molecular flexibility index (Phi) is 4.85. The number of amides is 1. The van der Waals surface area contributed by atoms with Gasteiger partial charge in [0.2, 0.25) is 0 Å². The van der Waals surface area contributed by atoms with Crippen molar-refractivity contribution in [3.63, 3.8) is 0 Å². The monoisotopic (exact) mass is 380 g/mol. The summed E-state index contributed by atoms with van der Waals surface area (Å²) in [5.74, 6) is 0.865. The Morgan fingerprint density at radius 3 is 2.89 bits per heavy atom. The molecule has 8 nitrogen and oxygen atoms in total. The number of rotatable bonds is 4. The highest BCUT2D eigenvalue weighted by Crippen LogP contribution is 2.24. The second kappa shape index (κ2) is 7.46. The smallest absolute Gasteiger partial charge is 0.410 e. The van der Waals surface area contributed by atoms with Crippen molar-refractivity contribution in [2.24, 2.45) is 0 Å². The van der Waals surface area contributed by atoms with E-state index in [1.54, 1.807) is 24.3 Å². The average Bonchev–Trinajstić information content (AvgIpc) is 3.34. The Hall–Kier alpha value is -3.16. The molecule has 0 saturated carbocycles. The zero-order chi connectivity index (χ0) is 19.7. The molecule has 0 N–H and O–H groups in total. The summed E-state index contributed by atoms with van der Waals surface area (Å²) in [6, 6.07) is 7.93. The van der Waals surface area contributed by atoms with Crippen molar-refractivity contribution >= 4 is 17.6 Å². The summed E-state index contributed by atoms with van der Waals surface area (Å²) in [4.78, 5) is 24.7. The van der Waals surface area contributed by atoms with E-state index in [1.807, 2.05) is 48.8 Å². The molecule has 0 aromatic carbocycles. The number of anilines is 1. The summed E-state index contributed by atoms with van der Waals surface area (Å²) < 4.78 is 7.16. The van der Waals surface area contributed by atoms with Crippen LogP contribution in [0.25, 0.3) is 16.9 Å². The Balaban J connectivity index is 1.55. The van der Waals surface area contributed by atoms with Crippen molar-refractivity contribution in [3.05, 3.63) is 42.9 Å². The van der Waals surface area contributed by atoms with Crippen LogP contribution in [-0.4, -0.2) is 62.9 Å². The molecule has 1 atom stereocenters. The normalized spacial score (nSPS) is 16.7. The molecule has 4 heterocycles. The van der Waals surface area contributed by atoms with Gasteiger partial charge in [0.15, 0.2) is 5.65 Å². The highest BCUT2D eigenvalue weighted by molar-refractivity contribution is 5.68. The van der Waals surface area contributed by atoms with Gasteiger partial charge >= 0.3 is 6.09 Å². The Bertz CT molecular complexity index is 971. The van der Waals surface area contributed by atoms with E-state index in [9.17, 15) is 4.79 Å². The van der Waals surface area contributed by atoms with Crippen molar-refractivity contribution in [1.82, 2.24) is 24.5 Å². The molecule has 1 fully saturated rings. The molecule has 3 aromatic rings. The van der Waals surface area contributed by atoms with Crippen LogP contribution in [0.4, 0.5) is 10.6 Å². The van der Waals surface area contributed by atoms with Crippen molar-refractivity contribution < 1.29 is 9.53 Å². The lowest BCUT2D eigenvalue weighted by atomic mass is 10.2. The van der Waals surface area contributed by atoms with Crippen molar-refractivity contribution in [1.29, 1.82) is 0 Å². The minimum atomic E-state index is -0.279. The number of hydrogen-bond acceptors (Lipinski definition) is 6. The van der Waals surface area contributed by atoms with Crippen LogP contribution in [0.3, 0.4) is 0 Å². The topological polar surface area (TPSA) is 75.9 Å². The highest BCUT2D eigenvalue weighted by atomic mass is 16.6. The van der Waals surface area contributed by atoms with E-state index >= 15 is 0 Å². The maximum absolute atomic E-state index is 12.2. The maximum atomic E-state index is 12.2. The molecule has 3 aromatic heterocycles. The molecule has 1 saturated heterocycles. The fourth-order valence-electron chi connectivity index (χ4n) is 3.44. The van der Waals surface area contributed by atoms with Crippen LogP contribution >= 0.6 is 0 Å². The summed E-state index contributed by atoms with van der Waals surface area (Å²) in [5, 5.41) is 4.80. The van der Waals surface area contributed by atoms with Crippen LogP contribution < -0.4 is 4.90 Å². The second-order valence-electron chi connectivity index (χ2n) is 7.28. The van der Waals surface area contributed by atoms with Crippen LogP contribution in [0.5, 0.6) is 0 Å². The molecule has 1 unspecified atom stereocenters. The van der Waals surface area contributed by atoms with E-state index < -0.39 is 0 Å². The van der Waals surface area contributed by atoms with E-state index in [0.717, 1.165) is 42.2 Å². The number of carbonyl (C=O) groups excluding carboxylic acids is 1. The first kappa shape index (κ1) is 18.2. The van der Waals surface area contributed by atoms with Crippen LogP contribution in [0.1, 0.15) is 20.3 Å². The maximum Gasteiger partial charge on any atom is 0.410 e. The third-order valence-corrected chi connectivity index (χ3v) is 4.97. The van der Waals surface area contributed by atoms with Gasteiger partial charge in [0.05, 0.1) is 24.0 Å². The second-order valence-corrected chi connectivity index (χ2v) is 7.28. The number of hydrogen-bond donors (Lipinski definition) is 0. The summed E-state index contributed by atoms with van der Waals surface area (Å²) in [5.41, 5.74) is 2.66. The Labute approximate surface area is 163 Å². The number of nitrogens with zero attached hydrogens (tertiary/aromatic N) is 6. The molecule has 146 valence electrons. The van der Waals surface area contributed by atoms with E-state index in [2.05, 4.69) is 14.9 Å². The van der Waals surface area contributed by atoms with Crippen molar-refractivity contribution in [2.45, 2.75) is 32.4 Å². The first-order chi connectivity index (χ1) is 13.5. The standard InChI is InChI=1S/C20H24N6O2/c1-14(2)28-20(27)24(3)16-8-10-25(13-16)19-7-6-18-22-12-17(26(18)23-19)15-5-4-9-21-11-15/h4-7,9,11-12,14,16H,8,10,13H2,1-3H3. The lowest BCUT2D eigenvalue weighted by Gasteiger charge is -2.25. The molecular weight excluding hydrogens is 356 g/mol. The molecule has 0 bridgehead atoms. The van der Waals surface area contributed by atoms with Gasteiger partial charge in [-0.15, -0.1) is 5.10 Å². The minimum absolute atomic E-state index is 0.101. The molecule has 28 heavy (non-hydrogen) atoms. The number of aromatic nitrogens is 4. The number of imidazole rings is 1. The fourth-order valence-corrected chi connectivity index (χ4v) is 3.44. The number of likely N-dealkylation sites (N-methyl/N-ethyl adjacent to an activating group) is 1. The lowest BCUT2D eigenvalue weighted by Crippen LogP contribution is -2.40. The third kappa shape index (κ3) is 3.49. The van der Waals surface area contributed by atoms with Crippen molar-refractivity contribution in [3.8, 4) is 11.3 Å². The molecule has 8 heteroatoms. The summed E-state index contributed by atoms with van der Waals surface area (Å²) >= 11 is 0. The molecule has 0 spiro atoms. The number of fused-ring (bicyclic) bond motifs is 1. The van der Waals surface area contributed by atoms with Gasteiger partial charge in [-0.05, 0) is 44.5 Å². The van der Waals surface area contributed by atoms with E-state index in [0.29, 0.717) is 0 Å². The molecule has 1 aliphatic heterocycles. The van der Waals surface area contributed by atoms with Gasteiger partial charge in [0.25, 0.3) is 0 Å². The number of carbonyl (C=O) groups is 1. The molecule has 4 rings (SSSR count). The van der Waals surface area contributed by atoms with E-state index in [4.69, 9.17) is 9.84 Å². The van der Waals surface area contributed by atoms with Crippen LogP contribution in [0, 0.1) is 0 Å². The van der Waals surface area contributed by atoms with Gasteiger partial charge < -0.3 is 14.5 Å². The number of ether oxygens (including phenoxy) is 1. The average molecular weight is 380 g/mol. The van der Waals surface area contributed by atoms with E-state index in [1.165, 1.54) is 0 Å². The van der Waals surface area contributed by atoms with Crippen LogP contribution in [-0.2, 0) is 4.74 Å². The first-order valence-electron chi connectivity index (χ1n) is 9.46. The van der Waals surface area contributed by atoms with Gasteiger partial charge in [-0.25, -0.2) is 14.3 Å². The minimum Gasteiger partial charge on any atom is -0.447 e. The predicted molar refractivity (Wildman–Crippen MR) is 106 cm³/mol. The van der Waals surface area contributed by atoms with E-state index in [-0.39, 0.29) is 18.2 Å². The Morgan fingerprint density at radius 2 is 2.14 bits per heavy atom.